The van der Waals surface area contributed by atoms with Gasteiger partial charge in [-0.25, -0.2) is 0 Å². The molecule has 0 unspecified atom stereocenters. The third kappa shape index (κ3) is 8.55. The van der Waals surface area contributed by atoms with Crippen molar-refractivity contribution in [1.29, 1.82) is 0 Å². The molecule has 0 atom stereocenters. The molecular weight excluding hydrogens is 481 g/mol. The van der Waals surface area contributed by atoms with Crippen LogP contribution in [0.3, 0.4) is 0 Å². The molecule has 161 valence electrons. The quantitative estimate of drug-likeness (QED) is 0.343. The summed E-state index contributed by atoms with van der Waals surface area (Å²) in [7, 11) is 0. The number of aryl methyl sites for hydroxylation is 1. The molecule has 2 rings (SSSR count). The van der Waals surface area contributed by atoms with Crippen LogP contribution in [0.5, 0.6) is 5.75 Å². The van der Waals surface area contributed by atoms with E-state index < -0.39 is 0 Å². The van der Waals surface area contributed by atoms with Crippen molar-refractivity contribution in [3.8, 4) is 5.75 Å². The average molecular weight is 512 g/mol. The van der Waals surface area contributed by atoms with Gasteiger partial charge in [0, 0.05) is 5.56 Å². The molecule has 2 nitrogen and oxygen atoms in total. The Balaban J connectivity index is -0.00000169. The maximum absolute atomic E-state index is 10.9. The van der Waals surface area contributed by atoms with Crippen LogP contribution in [-0.4, -0.2) is 5.11 Å². The first-order valence-electron chi connectivity index (χ1n) is 8.80. The molecule has 0 aliphatic carbocycles. The van der Waals surface area contributed by atoms with Crippen molar-refractivity contribution in [2.75, 3.05) is 4.31 Å². The van der Waals surface area contributed by atoms with E-state index in [4.69, 9.17) is 0 Å². The fourth-order valence-electron chi connectivity index (χ4n) is 2.92. The van der Waals surface area contributed by atoms with Crippen LogP contribution in [0.15, 0.2) is 36.4 Å². The number of thiol groups is 1. The zero-order valence-corrected chi connectivity index (χ0v) is 22.9. The number of hydrogen-bond donors (Lipinski definition) is 2. The maximum Gasteiger partial charge on any atom is 3.00 e. The molecular formula is C22H31Cl3NOSTi. The summed E-state index contributed by atoms with van der Waals surface area (Å²) < 4.78 is 1.91. The van der Waals surface area contributed by atoms with Crippen molar-refractivity contribution in [2.45, 2.75) is 65.8 Å². The van der Waals surface area contributed by atoms with Crippen LogP contribution in [0.4, 0.5) is 5.69 Å². The average Bonchev–Trinajstić information content (AvgIpc) is 2.47. The second-order valence-electron chi connectivity index (χ2n) is 8.88. The van der Waals surface area contributed by atoms with Gasteiger partial charge in [0.2, 0.25) is 0 Å². The van der Waals surface area contributed by atoms with Gasteiger partial charge in [0.1, 0.15) is 5.75 Å². The molecule has 2 aromatic rings. The minimum absolute atomic E-state index is 0. The van der Waals surface area contributed by atoms with Gasteiger partial charge in [0.15, 0.2) is 0 Å². The van der Waals surface area contributed by atoms with E-state index in [1.807, 2.05) is 16.4 Å². The minimum atomic E-state index is -0.121. The van der Waals surface area contributed by atoms with Crippen molar-refractivity contribution in [1.82, 2.24) is 0 Å². The van der Waals surface area contributed by atoms with E-state index in [0.29, 0.717) is 12.3 Å². The zero-order chi connectivity index (χ0) is 19.0. The number of benzene rings is 2. The van der Waals surface area contributed by atoms with Gasteiger partial charge in [-0.2, -0.15) is 0 Å². The second kappa shape index (κ2) is 12.7. The summed E-state index contributed by atoms with van der Waals surface area (Å²) in [6.07, 6.45) is 0. The standard InChI is InChI=1S/C22H31NOS.3ClH.Ti/c1-15-10-8-9-11-19(15)23(25)14-16-12-17(21(2,3)4)13-18(20(16)24)22(5,6)7;;;;/h8-13,24-25H,14H2,1-7H3;3*1H;/q;;;;+3/p-3. The summed E-state index contributed by atoms with van der Waals surface area (Å²) >= 11 is 4.68. The number of nitrogens with zero attached hydrogens (tertiary/aromatic N) is 1. The third-order valence-corrected chi connectivity index (χ3v) is 4.93. The number of rotatable bonds is 3. The van der Waals surface area contributed by atoms with E-state index in [-0.39, 0.29) is 69.8 Å². The van der Waals surface area contributed by atoms with E-state index in [9.17, 15) is 5.11 Å². The normalized spacial score (nSPS) is 10.6. The van der Waals surface area contributed by atoms with E-state index in [1.54, 1.807) is 0 Å². The molecule has 0 fully saturated rings. The van der Waals surface area contributed by atoms with Crippen molar-refractivity contribution < 1.29 is 64.0 Å². The van der Waals surface area contributed by atoms with Crippen molar-refractivity contribution >= 4 is 18.5 Å². The van der Waals surface area contributed by atoms with Gasteiger partial charge in [-0.1, -0.05) is 78.6 Å². The first kappa shape index (κ1) is 33.6. The molecule has 0 bridgehead atoms. The van der Waals surface area contributed by atoms with Crippen LogP contribution in [0, 0.1) is 6.92 Å². The Morgan fingerprint density at radius 1 is 0.897 bits per heavy atom. The second-order valence-corrected chi connectivity index (χ2v) is 9.36. The van der Waals surface area contributed by atoms with Crippen LogP contribution >= 0.6 is 12.8 Å². The monoisotopic (exact) mass is 510 g/mol. The van der Waals surface area contributed by atoms with Crippen LogP contribution in [0.1, 0.15) is 63.8 Å². The van der Waals surface area contributed by atoms with Crippen molar-refractivity contribution in [3.63, 3.8) is 0 Å². The van der Waals surface area contributed by atoms with Gasteiger partial charge >= 0.3 is 21.7 Å². The Hall–Kier alpha value is -0.0257. The first-order valence-corrected chi connectivity index (χ1v) is 9.20. The Bertz CT molecular complexity index is 774. The van der Waals surface area contributed by atoms with E-state index in [2.05, 4.69) is 85.5 Å². The van der Waals surface area contributed by atoms with Gasteiger partial charge in [-0.15, -0.1) is 0 Å². The van der Waals surface area contributed by atoms with Crippen LogP contribution in [0.25, 0.3) is 0 Å². The number of phenolic OH excluding ortho intramolecular Hbond substituents is 1. The largest absolute Gasteiger partial charge is 3.00 e. The molecule has 0 saturated carbocycles. The molecule has 0 aromatic heterocycles. The Kier molecular flexibility index (Phi) is 14.8. The van der Waals surface area contributed by atoms with Crippen LogP contribution in [0.2, 0.25) is 0 Å². The molecule has 0 saturated heterocycles. The van der Waals surface area contributed by atoms with Gasteiger partial charge in [-0.05, 0) is 46.6 Å². The Morgan fingerprint density at radius 2 is 1.41 bits per heavy atom. The van der Waals surface area contributed by atoms with Gasteiger partial charge in [-0.3, -0.25) is 0 Å². The summed E-state index contributed by atoms with van der Waals surface area (Å²) in [4.78, 5) is 0. The first-order chi connectivity index (χ1) is 11.4. The Morgan fingerprint density at radius 3 is 1.86 bits per heavy atom. The minimum Gasteiger partial charge on any atom is -1.00 e. The third-order valence-electron chi connectivity index (χ3n) is 4.58. The van der Waals surface area contributed by atoms with Gasteiger partial charge < -0.3 is 46.6 Å². The SMILES string of the molecule is Cc1ccccc1N(S)Cc1cc(C(C)(C)C)cc(C(C)(C)C)c1O.[Cl-].[Cl-].[Cl-].[Ti+3]. The van der Waals surface area contributed by atoms with Crippen molar-refractivity contribution in [2.24, 2.45) is 0 Å². The number of para-hydroxylation sites is 1. The molecule has 2 aromatic carbocycles. The van der Waals surface area contributed by atoms with E-state index >= 15 is 0 Å². The molecule has 1 N–H and O–H groups in total. The molecule has 0 heterocycles. The van der Waals surface area contributed by atoms with Crippen LogP contribution < -0.4 is 41.5 Å². The number of hydrogen-bond acceptors (Lipinski definition) is 3. The molecule has 0 amide bonds. The van der Waals surface area contributed by atoms with E-state index in [0.717, 1.165) is 16.8 Å². The number of phenols is 1. The fourth-order valence-corrected chi connectivity index (χ4v) is 3.30. The molecule has 29 heavy (non-hydrogen) atoms. The zero-order valence-electron chi connectivity index (χ0n) is 18.1. The summed E-state index contributed by atoms with van der Waals surface area (Å²) in [5.74, 6) is 0.383. The number of halogens is 3. The molecule has 0 spiro atoms. The summed E-state index contributed by atoms with van der Waals surface area (Å²) in [6.45, 7) is 15.6. The fraction of sp³-hybridized carbons (Fsp3) is 0.455. The summed E-state index contributed by atoms with van der Waals surface area (Å²) in [6, 6.07) is 12.4. The summed E-state index contributed by atoms with van der Waals surface area (Å²) in [5, 5.41) is 10.9. The predicted molar refractivity (Wildman–Crippen MR) is 112 cm³/mol. The topological polar surface area (TPSA) is 23.5 Å². The maximum atomic E-state index is 10.9. The predicted octanol–water partition coefficient (Wildman–Crippen LogP) is -2.84. The van der Waals surface area contributed by atoms with Gasteiger partial charge in [0.05, 0.1) is 12.2 Å². The number of aromatic hydroxyl groups is 1. The van der Waals surface area contributed by atoms with E-state index in [1.165, 1.54) is 11.1 Å². The molecule has 7 heteroatoms. The summed E-state index contributed by atoms with van der Waals surface area (Å²) in [5.41, 5.74) is 5.26. The Labute approximate surface area is 215 Å². The smallest absolute Gasteiger partial charge is 1.00 e. The molecule has 1 radical (unpaired) electrons. The molecule has 0 aliphatic heterocycles. The molecule has 0 aliphatic rings. The van der Waals surface area contributed by atoms with Gasteiger partial charge in [0.25, 0.3) is 0 Å². The number of anilines is 1. The van der Waals surface area contributed by atoms with Crippen LogP contribution in [-0.2, 0) is 39.1 Å². The van der Waals surface area contributed by atoms with Crippen molar-refractivity contribution in [3.05, 3.63) is 58.7 Å².